The van der Waals surface area contributed by atoms with Gasteiger partial charge in [-0.3, -0.25) is 0 Å². The van der Waals surface area contributed by atoms with Crippen LogP contribution in [-0.2, 0) is 6.54 Å². The van der Waals surface area contributed by atoms with E-state index >= 15 is 0 Å². The van der Waals surface area contributed by atoms with Crippen LogP contribution >= 0.6 is 11.3 Å². The van der Waals surface area contributed by atoms with Crippen molar-refractivity contribution in [1.29, 1.82) is 0 Å². The number of imidazole rings is 1. The molecule has 94 valence electrons. The molecule has 0 aromatic carbocycles. The average Bonchev–Trinajstić information content (AvgIpc) is 2.95. The number of aromatic carboxylic acids is 1. The zero-order chi connectivity index (χ0) is 13.0. The number of carboxylic acids is 1. The maximum absolute atomic E-state index is 10.7. The summed E-state index contributed by atoms with van der Waals surface area (Å²) in [5, 5.41) is 9.47. The van der Waals surface area contributed by atoms with Crippen molar-refractivity contribution in [1.82, 2.24) is 14.5 Å². The van der Waals surface area contributed by atoms with Crippen molar-refractivity contribution in [2.24, 2.45) is 0 Å². The number of aromatic nitrogens is 3. The van der Waals surface area contributed by atoms with E-state index in [1.165, 1.54) is 6.20 Å². The Morgan fingerprint density at radius 1 is 1.50 bits per heavy atom. The summed E-state index contributed by atoms with van der Waals surface area (Å²) in [7, 11) is 0. The van der Waals surface area contributed by atoms with E-state index in [1.54, 1.807) is 18.6 Å². The lowest BCUT2D eigenvalue weighted by atomic mass is 10.4. The van der Waals surface area contributed by atoms with Gasteiger partial charge in [0.1, 0.15) is 9.88 Å². The van der Waals surface area contributed by atoms with Gasteiger partial charge in [0.05, 0.1) is 24.4 Å². The molecular weight excluding hydrogens is 250 g/mol. The largest absolute Gasteiger partial charge is 0.477 e. The van der Waals surface area contributed by atoms with Crippen molar-refractivity contribution < 1.29 is 9.90 Å². The normalized spacial score (nSPS) is 11.2. The molecule has 1 N–H and O–H groups in total. The summed E-state index contributed by atoms with van der Waals surface area (Å²) in [4.78, 5) is 19.1. The smallest absolute Gasteiger partial charge is 0.347 e. The quantitative estimate of drug-likeness (QED) is 0.900. The Morgan fingerprint density at radius 3 is 3.00 bits per heavy atom. The minimum Gasteiger partial charge on any atom is -0.477 e. The molecule has 0 unspecified atom stereocenters. The van der Waals surface area contributed by atoms with E-state index in [4.69, 9.17) is 5.11 Å². The van der Waals surface area contributed by atoms with Crippen LogP contribution in [-0.4, -0.2) is 25.6 Å². The van der Waals surface area contributed by atoms with Crippen LogP contribution in [0.25, 0.3) is 12.2 Å². The van der Waals surface area contributed by atoms with Gasteiger partial charge in [0.25, 0.3) is 0 Å². The van der Waals surface area contributed by atoms with Gasteiger partial charge in [-0.1, -0.05) is 6.92 Å². The van der Waals surface area contributed by atoms with Gasteiger partial charge in [0.2, 0.25) is 0 Å². The summed E-state index contributed by atoms with van der Waals surface area (Å²) < 4.78 is 2.04. The third-order valence-corrected chi connectivity index (χ3v) is 3.29. The number of carboxylic acid groups (broad SMARTS) is 1. The first-order valence-electron chi connectivity index (χ1n) is 5.58. The van der Waals surface area contributed by atoms with Crippen LogP contribution in [0.2, 0.25) is 0 Å². The maximum atomic E-state index is 10.7. The number of aryl methyl sites for hydroxylation is 1. The second-order valence-corrected chi connectivity index (χ2v) is 4.78. The molecule has 0 amide bonds. The van der Waals surface area contributed by atoms with Crippen LogP contribution in [0, 0.1) is 0 Å². The first-order valence-corrected chi connectivity index (χ1v) is 6.39. The molecule has 0 fully saturated rings. The number of nitrogens with zero attached hydrogens (tertiary/aromatic N) is 3. The van der Waals surface area contributed by atoms with Crippen molar-refractivity contribution in [3.63, 3.8) is 0 Å². The minimum atomic E-state index is -0.942. The fraction of sp³-hybridized carbons (Fsp3) is 0.250. The van der Waals surface area contributed by atoms with Crippen LogP contribution in [0.4, 0.5) is 0 Å². The predicted octanol–water partition coefficient (Wildman–Crippen LogP) is 2.62. The molecule has 2 heterocycles. The van der Waals surface area contributed by atoms with Gasteiger partial charge in [0, 0.05) is 6.54 Å². The number of hydrogen-bond donors (Lipinski definition) is 1. The Labute approximate surface area is 108 Å². The van der Waals surface area contributed by atoms with E-state index in [1.807, 2.05) is 10.6 Å². The van der Waals surface area contributed by atoms with E-state index in [-0.39, 0.29) is 4.88 Å². The lowest BCUT2D eigenvalue weighted by molar-refractivity contribution is 0.0702. The number of rotatable bonds is 5. The topological polar surface area (TPSA) is 68.0 Å². The Kier molecular flexibility index (Phi) is 3.88. The highest BCUT2D eigenvalue weighted by atomic mass is 32.1. The second kappa shape index (κ2) is 5.59. The van der Waals surface area contributed by atoms with E-state index < -0.39 is 5.97 Å². The average molecular weight is 263 g/mol. The molecule has 2 aromatic rings. The first kappa shape index (κ1) is 12.5. The molecule has 0 atom stereocenters. The molecular formula is C12H13N3O2S. The second-order valence-electron chi connectivity index (χ2n) is 3.71. The van der Waals surface area contributed by atoms with Crippen molar-refractivity contribution in [2.45, 2.75) is 19.9 Å². The van der Waals surface area contributed by atoms with Crippen molar-refractivity contribution >= 4 is 29.5 Å². The highest BCUT2D eigenvalue weighted by Gasteiger charge is 2.06. The molecule has 6 heteroatoms. The summed E-state index contributed by atoms with van der Waals surface area (Å²) in [6.45, 7) is 3.02. The Bertz CT molecular complexity index is 571. The molecule has 0 aliphatic rings. The molecule has 5 nitrogen and oxygen atoms in total. The van der Waals surface area contributed by atoms with E-state index in [0.717, 1.165) is 30.0 Å². The molecule has 0 radical (unpaired) electrons. The highest BCUT2D eigenvalue weighted by molar-refractivity contribution is 7.14. The monoisotopic (exact) mass is 263 g/mol. The molecule has 2 rings (SSSR count). The minimum absolute atomic E-state index is 0.247. The van der Waals surface area contributed by atoms with Crippen molar-refractivity contribution in [3.05, 3.63) is 34.3 Å². The highest BCUT2D eigenvalue weighted by Crippen LogP contribution is 2.16. The third-order valence-electron chi connectivity index (χ3n) is 2.34. The van der Waals surface area contributed by atoms with Crippen LogP contribution < -0.4 is 0 Å². The number of carbonyl (C=O) groups is 1. The molecule has 0 saturated heterocycles. The fourth-order valence-electron chi connectivity index (χ4n) is 1.52. The summed E-state index contributed by atoms with van der Waals surface area (Å²) in [6, 6.07) is 0. The fourth-order valence-corrected chi connectivity index (χ4v) is 2.18. The lowest BCUT2D eigenvalue weighted by Crippen LogP contribution is -1.96. The lowest BCUT2D eigenvalue weighted by Gasteiger charge is -2.01. The van der Waals surface area contributed by atoms with Gasteiger partial charge < -0.3 is 9.67 Å². The van der Waals surface area contributed by atoms with Gasteiger partial charge in [-0.15, -0.1) is 11.3 Å². The number of hydrogen-bond acceptors (Lipinski definition) is 4. The SMILES string of the molecule is CCCn1cncc1/C=C/c1ncc(C(=O)O)s1. The zero-order valence-electron chi connectivity index (χ0n) is 9.91. The summed E-state index contributed by atoms with van der Waals surface area (Å²) >= 11 is 1.15. The van der Waals surface area contributed by atoms with Gasteiger partial charge in [-0.2, -0.15) is 0 Å². The van der Waals surface area contributed by atoms with Crippen molar-refractivity contribution in [2.75, 3.05) is 0 Å². The third kappa shape index (κ3) is 2.84. The molecule has 18 heavy (non-hydrogen) atoms. The van der Waals surface area contributed by atoms with Gasteiger partial charge in [0.15, 0.2) is 0 Å². The zero-order valence-corrected chi connectivity index (χ0v) is 10.7. The van der Waals surface area contributed by atoms with Crippen LogP contribution in [0.5, 0.6) is 0 Å². The van der Waals surface area contributed by atoms with Gasteiger partial charge >= 0.3 is 5.97 Å². The Hall–Kier alpha value is -1.95. The molecule has 2 aromatic heterocycles. The molecule has 0 bridgehead atoms. The standard InChI is InChI=1S/C12H13N3O2S/c1-2-5-15-8-13-6-9(15)3-4-11-14-7-10(18-11)12(16)17/h3-4,6-8H,2,5H2,1H3,(H,16,17)/b4-3+. The van der Waals surface area contributed by atoms with Crippen LogP contribution in [0.1, 0.15) is 33.7 Å². The predicted molar refractivity (Wildman–Crippen MR) is 70.5 cm³/mol. The summed E-state index contributed by atoms with van der Waals surface area (Å²) in [5.74, 6) is -0.942. The van der Waals surface area contributed by atoms with E-state index in [9.17, 15) is 4.79 Å². The molecule has 0 aliphatic carbocycles. The maximum Gasteiger partial charge on any atom is 0.347 e. The van der Waals surface area contributed by atoms with Crippen molar-refractivity contribution in [3.8, 4) is 0 Å². The van der Waals surface area contributed by atoms with E-state index in [2.05, 4.69) is 16.9 Å². The molecule has 0 spiro atoms. The Balaban J connectivity index is 2.14. The summed E-state index contributed by atoms with van der Waals surface area (Å²) in [5.41, 5.74) is 0.990. The van der Waals surface area contributed by atoms with Crippen LogP contribution in [0.3, 0.4) is 0 Å². The number of thiazole rings is 1. The summed E-state index contributed by atoms with van der Waals surface area (Å²) in [6.07, 6.45) is 9.67. The van der Waals surface area contributed by atoms with Gasteiger partial charge in [-0.05, 0) is 18.6 Å². The Morgan fingerprint density at radius 2 is 2.33 bits per heavy atom. The molecule has 0 saturated carbocycles. The first-order chi connectivity index (χ1) is 8.70. The molecule has 0 aliphatic heterocycles. The van der Waals surface area contributed by atoms with Gasteiger partial charge in [-0.25, -0.2) is 14.8 Å². The van der Waals surface area contributed by atoms with Crippen LogP contribution in [0.15, 0.2) is 18.7 Å². The van der Waals surface area contributed by atoms with E-state index in [0.29, 0.717) is 5.01 Å².